The maximum absolute atomic E-state index is 9.28. The number of hydrogen-bond acceptors (Lipinski definition) is 5. The Bertz CT molecular complexity index is 151. The maximum Gasteiger partial charge on any atom is 0.115 e. The molecule has 0 radical (unpaired) electrons. The smallest absolute Gasteiger partial charge is 0.115 e. The summed E-state index contributed by atoms with van der Waals surface area (Å²) >= 11 is 0. The van der Waals surface area contributed by atoms with Gasteiger partial charge in [-0.1, -0.05) is 0 Å². The van der Waals surface area contributed by atoms with Gasteiger partial charge in [0.15, 0.2) is 0 Å². The molecule has 1 saturated heterocycles. The standard InChI is InChI=1S/C7H14O5/c1-3-5(10)6(11)7(12-3)4(9)2-8/h3-11H,2H2,1H3/t3-,4-,5-,6+,7-/m1/s1. The molecule has 72 valence electrons. The molecule has 1 aliphatic rings. The van der Waals surface area contributed by atoms with Crippen LogP contribution in [0.25, 0.3) is 0 Å². The van der Waals surface area contributed by atoms with E-state index in [0.29, 0.717) is 0 Å². The van der Waals surface area contributed by atoms with Crippen LogP contribution < -0.4 is 0 Å². The molecule has 0 aromatic rings. The summed E-state index contributed by atoms with van der Waals surface area (Å²) in [6.45, 7) is 1.11. The highest BCUT2D eigenvalue weighted by Gasteiger charge is 2.43. The van der Waals surface area contributed by atoms with Crippen molar-refractivity contribution in [3.63, 3.8) is 0 Å². The number of hydrogen-bond donors (Lipinski definition) is 4. The summed E-state index contributed by atoms with van der Waals surface area (Å²) < 4.78 is 5.03. The SMILES string of the molecule is C[C@H]1O[C@H]([C@H](O)CO)[C@@H](O)[C@@H]1O. The Labute approximate surface area is 70.2 Å². The molecule has 0 saturated carbocycles. The largest absolute Gasteiger partial charge is 0.394 e. The fraction of sp³-hybridized carbons (Fsp3) is 1.00. The van der Waals surface area contributed by atoms with Crippen molar-refractivity contribution >= 4 is 0 Å². The molecule has 12 heavy (non-hydrogen) atoms. The van der Waals surface area contributed by atoms with Gasteiger partial charge in [0.2, 0.25) is 0 Å². The molecular formula is C7H14O5. The molecule has 0 bridgehead atoms. The van der Waals surface area contributed by atoms with Gasteiger partial charge in [-0.25, -0.2) is 0 Å². The van der Waals surface area contributed by atoms with Crippen molar-refractivity contribution in [1.29, 1.82) is 0 Å². The predicted octanol–water partition coefficient (Wildman–Crippen LogP) is -2.15. The molecule has 0 amide bonds. The van der Waals surface area contributed by atoms with Crippen LogP contribution >= 0.6 is 0 Å². The first-order chi connectivity index (χ1) is 5.57. The van der Waals surface area contributed by atoms with E-state index in [1.165, 1.54) is 0 Å². The van der Waals surface area contributed by atoms with Gasteiger partial charge in [0.25, 0.3) is 0 Å². The zero-order valence-corrected chi connectivity index (χ0v) is 6.79. The van der Waals surface area contributed by atoms with E-state index in [1.54, 1.807) is 6.92 Å². The lowest BCUT2D eigenvalue weighted by Gasteiger charge is -2.18. The predicted molar refractivity (Wildman–Crippen MR) is 39.4 cm³/mol. The molecule has 0 aliphatic carbocycles. The summed E-state index contributed by atoms with van der Waals surface area (Å²) in [5, 5.41) is 36.2. The van der Waals surface area contributed by atoms with Crippen LogP contribution in [0.2, 0.25) is 0 Å². The summed E-state index contributed by atoms with van der Waals surface area (Å²) in [6.07, 6.45) is -4.65. The van der Waals surface area contributed by atoms with Crippen molar-refractivity contribution in [2.24, 2.45) is 0 Å². The highest BCUT2D eigenvalue weighted by atomic mass is 16.6. The van der Waals surface area contributed by atoms with Gasteiger partial charge < -0.3 is 25.2 Å². The van der Waals surface area contributed by atoms with Crippen molar-refractivity contribution in [1.82, 2.24) is 0 Å². The topological polar surface area (TPSA) is 90.2 Å². The van der Waals surface area contributed by atoms with Gasteiger partial charge in [0.1, 0.15) is 24.4 Å². The van der Waals surface area contributed by atoms with E-state index in [0.717, 1.165) is 0 Å². The zero-order chi connectivity index (χ0) is 9.30. The van der Waals surface area contributed by atoms with Crippen molar-refractivity contribution in [2.75, 3.05) is 6.61 Å². The first-order valence-corrected chi connectivity index (χ1v) is 3.88. The third-order valence-electron chi connectivity index (χ3n) is 2.11. The molecule has 0 spiro atoms. The van der Waals surface area contributed by atoms with Crippen molar-refractivity contribution in [3.05, 3.63) is 0 Å². The summed E-state index contributed by atoms with van der Waals surface area (Å²) in [5.41, 5.74) is 0. The minimum absolute atomic E-state index is 0.485. The van der Waals surface area contributed by atoms with Gasteiger partial charge in [-0.3, -0.25) is 0 Å². The Hall–Kier alpha value is -0.200. The Morgan fingerprint density at radius 3 is 2.25 bits per heavy atom. The van der Waals surface area contributed by atoms with E-state index >= 15 is 0 Å². The third kappa shape index (κ3) is 1.60. The lowest BCUT2D eigenvalue weighted by atomic mass is 10.1. The van der Waals surface area contributed by atoms with Crippen LogP contribution in [0.3, 0.4) is 0 Å². The van der Waals surface area contributed by atoms with E-state index < -0.39 is 37.1 Å². The van der Waals surface area contributed by atoms with Crippen LogP contribution in [0.15, 0.2) is 0 Å². The quantitative estimate of drug-likeness (QED) is 0.387. The van der Waals surface area contributed by atoms with E-state index in [1.807, 2.05) is 0 Å². The summed E-state index contributed by atoms with van der Waals surface area (Å²) in [6, 6.07) is 0. The first kappa shape index (κ1) is 9.88. The molecule has 0 unspecified atom stereocenters. The second-order valence-corrected chi connectivity index (χ2v) is 3.04. The van der Waals surface area contributed by atoms with Crippen LogP contribution in [0, 0.1) is 0 Å². The molecule has 5 atom stereocenters. The summed E-state index contributed by atoms with van der Waals surface area (Å²) in [4.78, 5) is 0. The van der Waals surface area contributed by atoms with Crippen LogP contribution in [-0.4, -0.2) is 57.6 Å². The molecule has 1 aliphatic heterocycles. The number of aliphatic hydroxyl groups excluding tert-OH is 4. The third-order valence-corrected chi connectivity index (χ3v) is 2.11. The second-order valence-electron chi connectivity index (χ2n) is 3.04. The molecule has 4 N–H and O–H groups in total. The molecule has 1 fully saturated rings. The number of rotatable bonds is 2. The van der Waals surface area contributed by atoms with Gasteiger partial charge in [-0.05, 0) is 6.92 Å². The van der Waals surface area contributed by atoms with Crippen molar-refractivity contribution in [2.45, 2.75) is 37.4 Å². The average Bonchev–Trinajstić information content (AvgIpc) is 2.32. The van der Waals surface area contributed by atoms with Gasteiger partial charge in [0.05, 0.1) is 12.7 Å². The van der Waals surface area contributed by atoms with Gasteiger partial charge in [-0.2, -0.15) is 0 Å². The van der Waals surface area contributed by atoms with Crippen LogP contribution in [0.5, 0.6) is 0 Å². The first-order valence-electron chi connectivity index (χ1n) is 3.88. The molecular weight excluding hydrogens is 164 g/mol. The van der Waals surface area contributed by atoms with E-state index in [9.17, 15) is 10.2 Å². The van der Waals surface area contributed by atoms with Gasteiger partial charge in [-0.15, -0.1) is 0 Å². The summed E-state index contributed by atoms with van der Waals surface area (Å²) in [7, 11) is 0. The van der Waals surface area contributed by atoms with Gasteiger partial charge >= 0.3 is 0 Å². The molecule has 1 rings (SSSR count). The molecule has 5 nitrogen and oxygen atoms in total. The molecule has 0 aromatic heterocycles. The van der Waals surface area contributed by atoms with Gasteiger partial charge in [0, 0.05) is 0 Å². The molecule has 5 heteroatoms. The Morgan fingerprint density at radius 2 is 1.92 bits per heavy atom. The maximum atomic E-state index is 9.28. The monoisotopic (exact) mass is 178 g/mol. The summed E-state index contributed by atoms with van der Waals surface area (Å²) in [5.74, 6) is 0. The minimum atomic E-state index is -1.14. The van der Waals surface area contributed by atoms with Crippen molar-refractivity contribution < 1.29 is 25.2 Å². The lowest BCUT2D eigenvalue weighted by molar-refractivity contribution is -0.0786. The number of aliphatic hydroxyl groups is 4. The number of ether oxygens (including phenoxy) is 1. The minimum Gasteiger partial charge on any atom is -0.394 e. The normalized spacial score (nSPS) is 44.8. The second kappa shape index (κ2) is 3.68. The zero-order valence-electron chi connectivity index (χ0n) is 6.79. The Balaban J connectivity index is 2.58. The Morgan fingerprint density at radius 1 is 1.33 bits per heavy atom. The molecule has 0 aromatic carbocycles. The molecule has 1 heterocycles. The van der Waals surface area contributed by atoms with Crippen LogP contribution in [0.4, 0.5) is 0 Å². The van der Waals surface area contributed by atoms with E-state index in [4.69, 9.17) is 14.9 Å². The van der Waals surface area contributed by atoms with E-state index in [-0.39, 0.29) is 0 Å². The highest BCUT2D eigenvalue weighted by molar-refractivity contribution is 4.91. The average molecular weight is 178 g/mol. The lowest BCUT2D eigenvalue weighted by Crippen LogP contribution is -2.40. The fourth-order valence-electron chi connectivity index (χ4n) is 1.30. The fourth-order valence-corrected chi connectivity index (χ4v) is 1.30. The van der Waals surface area contributed by atoms with E-state index in [2.05, 4.69) is 0 Å². The van der Waals surface area contributed by atoms with Crippen LogP contribution in [-0.2, 0) is 4.74 Å². The Kier molecular flexibility index (Phi) is 3.03. The highest BCUT2D eigenvalue weighted by Crippen LogP contribution is 2.22. The van der Waals surface area contributed by atoms with Crippen molar-refractivity contribution in [3.8, 4) is 0 Å². The van der Waals surface area contributed by atoms with Crippen LogP contribution in [0.1, 0.15) is 6.92 Å².